The molecule has 0 unspecified atom stereocenters. The fourth-order valence-electron chi connectivity index (χ4n) is 1.38. The summed E-state index contributed by atoms with van der Waals surface area (Å²) in [7, 11) is -3.34. The maximum atomic E-state index is 11.6. The molecule has 1 fully saturated rings. The Kier molecular flexibility index (Phi) is 2.61. The molecule has 0 amide bonds. The third-order valence-corrected chi connectivity index (χ3v) is 5.11. The molecule has 0 aliphatic heterocycles. The van der Waals surface area contributed by atoms with Crippen LogP contribution in [0.1, 0.15) is 12.8 Å². The highest BCUT2D eigenvalue weighted by molar-refractivity contribution is 7.91. The maximum Gasteiger partial charge on any atom is 0.250 e. The van der Waals surface area contributed by atoms with Crippen LogP contribution in [0.4, 0.5) is 0 Å². The van der Waals surface area contributed by atoms with Crippen LogP contribution in [-0.4, -0.2) is 25.7 Å². The van der Waals surface area contributed by atoms with Crippen molar-refractivity contribution in [2.45, 2.75) is 29.2 Å². The molecule has 0 bridgehead atoms. The highest BCUT2D eigenvalue weighted by Crippen LogP contribution is 2.23. The van der Waals surface area contributed by atoms with Gasteiger partial charge in [0.05, 0.1) is 6.10 Å². The van der Waals surface area contributed by atoms with Crippen molar-refractivity contribution in [1.29, 1.82) is 0 Å². The zero-order valence-electron chi connectivity index (χ0n) is 7.38. The number of rotatable bonds is 3. The smallest absolute Gasteiger partial charge is 0.250 e. The Bertz CT molecular complexity index is 392. The second kappa shape index (κ2) is 3.62. The third-order valence-electron chi connectivity index (χ3n) is 2.19. The van der Waals surface area contributed by atoms with E-state index in [1.54, 1.807) is 17.5 Å². The third kappa shape index (κ3) is 1.98. The number of aliphatic hydroxyl groups excluding tert-OH is 1. The van der Waals surface area contributed by atoms with Gasteiger partial charge in [0.25, 0.3) is 0 Å². The van der Waals surface area contributed by atoms with Gasteiger partial charge < -0.3 is 5.11 Å². The van der Waals surface area contributed by atoms with Gasteiger partial charge in [-0.15, -0.1) is 11.3 Å². The van der Waals surface area contributed by atoms with Crippen molar-refractivity contribution in [3.63, 3.8) is 0 Å². The summed E-state index contributed by atoms with van der Waals surface area (Å²) in [5.41, 5.74) is 0. The SMILES string of the molecule is O=S(=O)(NC1CC(O)C1)c1cccs1. The quantitative estimate of drug-likeness (QED) is 0.801. The van der Waals surface area contributed by atoms with Crippen LogP contribution in [0.2, 0.25) is 0 Å². The van der Waals surface area contributed by atoms with Crippen molar-refractivity contribution >= 4 is 21.4 Å². The van der Waals surface area contributed by atoms with Crippen LogP contribution in [0, 0.1) is 0 Å². The zero-order valence-corrected chi connectivity index (χ0v) is 9.01. The maximum absolute atomic E-state index is 11.6. The van der Waals surface area contributed by atoms with Crippen LogP contribution in [0.25, 0.3) is 0 Å². The number of aliphatic hydroxyl groups is 1. The van der Waals surface area contributed by atoms with Crippen LogP contribution in [0.3, 0.4) is 0 Å². The summed E-state index contributed by atoms with van der Waals surface area (Å²) in [6, 6.07) is 3.17. The molecule has 0 radical (unpaired) electrons. The first-order valence-corrected chi connectivity index (χ1v) is 6.68. The highest BCUT2D eigenvalue weighted by Gasteiger charge is 2.31. The summed E-state index contributed by atoms with van der Waals surface area (Å²) < 4.78 is 26.1. The standard InChI is InChI=1S/C8H11NO3S2/c10-7-4-6(5-7)9-14(11,12)8-2-1-3-13-8/h1-3,6-7,9-10H,4-5H2. The van der Waals surface area contributed by atoms with Crippen molar-refractivity contribution in [1.82, 2.24) is 4.72 Å². The van der Waals surface area contributed by atoms with Crippen LogP contribution in [-0.2, 0) is 10.0 Å². The molecule has 0 spiro atoms. The Morgan fingerprint density at radius 2 is 2.21 bits per heavy atom. The van der Waals surface area contributed by atoms with Crippen LogP contribution < -0.4 is 4.72 Å². The van der Waals surface area contributed by atoms with E-state index in [0.29, 0.717) is 17.1 Å². The van der Waals surface area contributed by atoms with Gasteiger partial charge in [-0.05, 0) is 24.3 Å². The van der Waals surface area contributed by atoms with Crippen molar-refractivity contribution in [3.8, 4) is 0 Å². The lowest BCUT2D eigenvalue weighted by Crippen LogP contribution is -2.46. The average molecular weight is 233 g/mol. The number of hydrogen-bond acceptors (Lipinski definition) is 4. The molecule has 2 rings (SSSR count). The molecule has 0 atom stereocenters. The van der Waals surface area contributed by atoms with E-state index in [2.05, 4.69) is 4.72 Å². The van der Waals surface area contributed by atoms with Crippen LogP contribution >= 0.6 is 11.3 Å². The summed E-state index contributed by atoms with van der Waals surface area (Å²) >= 11 is 1.19. The van der Waals surface area contributed by atoms with E-state index in [9.17, 15) is 8.42 Å². The molecule has 4 nitrogen and oxygen atoms in total. The Hall–Kier alpha value is -0.430. The lowest BCUT2D eigenvalue weighted by molar-refractivity contribution is 0.0712. The molecule has 0 aromatic carbocycles. The lowest BCUT2D eigenvalue weighted by Gasteiger charge is -2.31. The van der Waals surface area contributed by atoms with Gasteiger partial charge in [-0.3, -0.25) is 0 Å². The first-order valence-electron chi connectivity index (χ1n) is 4.32. The Labute approximate surface area is 86.6 Å². The van der Waals surface area contributed by atoms with E-state index in [4.69, 9.17) is 5.11 Å². The summed E-state index contributed by atoms with van der Waals surface area (Å²) in [6.45, 7) is 0. The minimum absolute atomic E-state index is 0.0999. The molecule has 78 valence electrons. The van der Waals surface area contributed by atoms with Gasteiger partial charge in [0, 0.05) is 6.04 Å². The van der Waals surface area contributed by atoms with E-state index < -0.39 is 10.0 Å². The minimum atomic E-state index is -3.34. The molecule has 1 saturated carbocycles. The van der Waals surface area contributed by atoms with Gasteiger partial charge in [0.2, 0.25) is 10.0 Å². The normalized spacial score (nSPS) is 27.2. The second-order valence-electron chi connectivity index (χ2n) is 3.38. The van der Waals surface area contributed by atoms with E-state index in [0.717, 1.165) is 0 Å². The Morgan fingerprint density at radius 1 is 1.50 bits per heavy atom. The van der Waals surface area contributed by atoms with E-state index in [1.807, 2.05) is 0 Å². The number of hydrogen-bond donors (Lipinski definition) is 2. The van der Waals surface area contributed by atoms with Gasteiger partial charge in [-0.25, -0.2) is 13.1 Å². The zero-order chi connectivity index (χ0) is 10.2. The summed E-state index contributed by atoms with van der Waals surface area (Å²) in [5.74, 6) is 0. The minimum Gasteiger partial charge on any atom is -0.393 e. The first-order chi connectivity index (χ1) is 6.58. The molecule has 1 aliphatic rings. The van der Waals surface area contributed by atoms with E-state index in [-0.39, 0.29) is 12.1 Å². The van der Waals surface area contributed by atoms with Gasteiger partial charge in [0.1, 0.15) is 4.21 Å². The second-order valence-corrected chi connectivity index (χ2v) is 6.26. The molecular formula is C8H11NO3S2. The van der Waals surface area contributed by atoms with Crippen molar-refractivity contribution in [2.24, 2.45) is 0 Å². The highest BCUT2D eigenvalue weighted by atomic mass is 32.2. The lowest BCUT2D eigenvalue weighted by atomic mass is 9.91. The van der Waals surface area contributed by atoms with Crippen molar-refractivity contribution < 1.29 is 13.5 Å². The molecule has 6 heteroatoms. The van der Waals surface area contributed by atoms with Crippen molar-refractivity contribution in [3.05, 3.63) is 17.5 Å². The predicted octanol–water partition coefficient (Wildman–Crippen LogP) is 0.550. The number of nitrogens with one attached hydrogen (secondary N) is 1. The van der Waals surface area contributed by atoms with Gasteiger partial charge in [-0.2, -0.15) is 0 Å². The topological polar surface area (TPSA) is 66.4 Å². The van der Waals surface area contributed by atoms with Crippen molar-refractivity contribution in [2.75, 3.05) is 0 Å². The van der Waals surface area contributed by atoms with E-state index in [1.165, 1.54) is 11.3 Å². The summed E-state index contributed by atoms with van der Waals surface area (Å²) in [6.07, 6.45) is 0.695. The fraction of sp³-hybridized carbons (Fsp3) is 0.500. The number of sulfonamides is 1. The largest absolute Gasteiger partial charge is 0.393 e. The number of thiophene rings is 1. The molecule has 14 heavy (non-hydrogen) atoms. The molecule has 2 N–H and O–H groups in total. The Balaban J connectivity index is 2.04. The van der Waals surface area contributed by atoms with E-state index >= 15 is 0 Å². The van der Waals surface area contributed by atoms with Gasteiger partial charge in [-0.1, -0.05) is 6.07 Å². The monoisotopic (exact) mass is 233 g/mol. The first kappa shape index (κ1) is 10.1. The molecule has 1 heterocycles. The average Bonchev–Trinajstić information content (AvgIpc) is 2.52. The molecule has 1 aromatic heterocycles. The Morgan fingerprint density at radius 3 is 2.71 bits per heavy atom. The summed E-state index contributed by atoms with van der Waals surface area (Å²) in [4.78, 5) is 0. The fourth-order valence-corrected chi connectivity index (χ4v) is 3.65. The predicted molar refractivity (Wildman–Crippen MR) is 53.7 cm³/mol. The molecule has 1 aromatic rings. The molecule has 1 aliphatic carbocycles. The molecule has 0 saturated heterocycles. The van der Waals surface area contributed by atoms with Gasteiger partial charge >= 0.3 is 0 Å². The van der Waals surface area contributed by atoms with Crippen LogP contribution in [0.5, 0.6) is 0 Å². The molecular weight excluding hydrogens is 222 g/mol. The summed E-state index contributed by atoms with van der Waals surface area (Å²) in [5, 5.41) is 10.7. The van der Waals surface area contributed by atoms with Gasteiger partial charge in [0.15, 0.2) is 0 Å². The van der Waals surface area contributed by atoms with Crippen LogP contribution in [0.15, 0.2) is 21.7 Å².